The Morgan fingerprint density at radius 3 is 2.44 bits per heavy atom. The fourth-order valence-electron chi connectivity index (χ4n) is 3.69. The van der Waals surface area contributed by atoms with Crippen LogP contribution in [0.4, 0.5) is 0 Å². The first-order chi connectivity index (χ1) is 15.4. The van der Waals surface area contributed by atoms with E-state index in [1.807, 2.05) is 18.2 Å². The Kier molecular flexibility index (Phi) is 7.64. The fourth-order valence-corrected chi connectivity index (χ4v) is 3.69. The summed E-state index contributed by atoms with van der Waals surface area (Å²) in [7, 11) is 3.16. The van der Waals surface area contributed by atoms with Crippen molar-refractivity contribution >= 4 is 17.7 Å². The molecule has 3 amide bonds. The molecule has 0 atom stereocenters. The average molecular weight is 441 g/mol. The first kappa shape index (κ1) is 23.1. The van der Waals surface area contributed by atoms with Crippen molar-refractivity contribution in [1.82, 2.24) is 20.1 Å². The van der Waals surface area contributed by atoms with Gasteiger partial charge < -0.3 is 24.8 Å². The van der Waals surface area contributed by atoms with Crippen molar-refractivity contribution < 1.29 is 19.1 Å². The zero-order valence-electron chi connectivity index (χ0n) is 18.3. The zero-order chi connectivity index (χ0) is 23.1. The second kappa shape index (κ2) is 10.6. The number of hydrogen-bond acceptors (Lipinski definition) is 5. The maximum Gasteiger partial charge on any atom is 0.309 e. The van der Waals surface area contributed by atoms with Crippen molar-refractivity contribution in [3.63, 3.8) is 0 Å². The third kappa shape index (κ3) is 5.54. The highest BCUT2D eigenvalue weighted by Gasteiger charge is 2.26. The molecule has 2 aromatic rings. The summed E-state index contributed by atoms with van der Waals surface area (Å²) in [6.07, 6.45) is 2.98. The van der Waals surface area contributed by atoms with Gasteiger partial charge >= 0.3 is 11.8 Å². The molecule has 2 heterocycles. The van der Waals surface area contributed by atoms with Gasteiger partial charge in [0.15, 0.2) is 0 Å². The molecule has 0 aliphatic carbocycles. The number of nitrogens with zero attached hydrogens (tertiary/aromatic N) is 2. The van der Waals surface area contributed by atoms with Crippen LogP contribution in [0.15, 0.2) is 47.4 Å². The zero-order valence-corrected chi connectivity index (χ0v) is 18.3. The molecule has 9 nitrogen and oxygen atoms in total. The highest BCUT2D eigenvalue weighted by molar-refractivity contribution is 6.35. The molecular formula is C23H28N4O5. The summed E-state index contributed by atoms with van der Waals surface area (Å²) < 4.78 is 6.62. The Balaban J connectivity index is 1.43. The first-order valence-electron chi connectivity index (χ1n) is 10.5. The molecule has 1 aliphatic rings. The highest BCUT2D eigenvalue weighted by Crippen LogP contribution is 2.18. The lowest BCUT2D eigenvalue weighted by atomic mass is 9.96. The van der Waals surface area contributed by atoms with Crippen molar-refractivity contribution in [1.29, 1.82) is 0 Å². The van der Waals surface area contributed by atoms with Crippen LogP contribution in [0.25, 0.3) is 0 Å². The van der Waals surface area contributed by atoms with E-state index >= 15 is 0 Å². The van der Waals surface area contributed by atoms with Crippen LogP contribution < -0.4 is 20.9 Å². The van der Waals surface area contributed by atoms with Crippen LogP contribution in [-0.2, 0) is 23.2 Å². The number of ether oxygens (including phenoxy) is 1. The van der Waals surface area contributed by atoms with E-state index in [9.17, 15) is 19.2 Å². The summed E-state index contributed by atoms with van der Waals surface area (Å²) in [6, 6.07) is 10.5. The second-order valence-electron chi connectivity index (χ2n) is 7.78. The predicted molar refractivity (Wildman–Crippen MR) is 118 cm³/mol. The number of carbonyl (C=O) groups is 3. The van der Waals surface area contributed by atoms with Gasteiger partial charge in [-0.25, -0.2) is 0 Å². The van der Waals surface area contributed by atoms with Gasteiger partial charge in [0.1, 0.15) is 11.3 Å². The van der Waals surface area contributed by atoms with Crippen LogP contribution in [0.2, 0.25) is 0 Å². The summed E-state index contributed by atoms with van der Waals surface area (Å²) in [5, 5.41) is 5.27. The monoisotopic (exact) mass is 440 g/mol. The van der Waals surface area contributed by atoms with Crippen LogP contribution in [0.1, 0.15) is 28.8 Å². The number of rotatable bonds is 6. The Morgan fingerprint density at radius 2 is 1.72 bits per heavy atom. The normalized spacial score (nSPS) is 14.0. The van der Waals surface area contributed by atoms with E-state index < -0.39 is 11.8 Å². The third-order valence-corrected chi connectivity index (χ3v) is 5.64. The van der Waals surface area contributed by atoms with Gasteiger partial charge in [0, 0.05) is 45.0 Å². The second-order valence-corrected chi connectivity index (χ2v) is 7.78. The van der Waals surface area contributed by atoms with Gasteiger partial charge in [-0.2, -0.15) is 0 Å². The molecule has 1 fully saturated rings. The molecular weight excluding hydrogens is 412 g/mol. The van der Waals surface area contributed by atoms with E-state index in [-0.39, 0.29) is 29.5 Å². The van der Waals surface area contributed by atoms with Crippen LogP contribution in [0.3, 0.4) is 0 Å². The molecule has 3 rings (SSSR count). The minimum absolute atomic E-state index is 0.156. The van der Waals surface area contributed by atoms with E-state index in [0.717, 1.165) is 5.56 Å². The van der Waals surface area contributed by atoms with E-state index in [2.05, 4.69) is 10.6 Å². The molecule has 9 heteroatoms. The number of methoxy groups -OCH3 is 1. The minimum atomic E-state index is -0.705. The van der Waals surface area contributed by atoms with Gasteiger partial charge in [0.05, 0.1) is 7.11 Å². The van der Waals surface area contributed by atoms with E-state index in [1.54, 1.807) is 43.5 Å². The van der Waals surface area contributed by atoms with E-state index in [4.69, 9.17) is 4.74 Å². The summed E-state index contributed by atoms with van der Waals surface area (Å²) in [5.41, 5.74) is 0.626. The van der Waals surface area contributed by atoms with E-state index in [1.165, 1.54) is 4.57 Å². The molecule has 1 aliphatic heterocycles. The molecule has 170 valence electrons. The van der Waals surface area contributed by atoms with Gasteiger partial charge in [0.2, 0.25) is 0 Å². The number of likely N-dealkylation sites (tertiary alicyclic amines) is 1. The van der Waals surface area contributed by atoms with Crippen LogP contribution in [0.5, 0.6) is 5.75 Å². The quantitative estimate of drug-likeness (QED) is 0.642. The van der Waals surface area contributed by atoms with Gasteiger partial charge in [-0.1, -0.05) is 18.2 Å². The Bertz CT molecular complexity index is 1040. The first-order valence-corrected chi connectivity index (χ1v) is 10.5. The van der Waals surface area contributed by atoms with Gasteiger partial charge in [-0.3, -0.25) is 19.2 Å². The Hall–Kier alpha value is -3.62. The molecule has 0 radical (unpaired) electrons. The Labute approximate surface area is 186 Å². The molecule has 1 aromatic carbocycles. The lowest BCUT2D eigenvalue weighted by molar-refractivity contribution is -0.139. The molecule has 0 bridgehead atoms. The molecule has 1 aromatic heterocycles. The lowest BCUT2D eigenvalue weighted by Crippen LogP contribution is -2.45. The SMILES string of the molecule is COc1ccccc1CNC(=O)C(=O)NCC1CCN(C(=O)c2cccn(C)c2=O)CC1. The van der Waals surface area contributed by atoms with Crippen molar-refractivity contribution in [2.75, 3.05) is 26.7 Å². The maximum atomic E-state index is 12.7. The summed E-state index contributed by atoms with van der Waals surface area (Å²) >= 11 is 0. The van der Waals surface area contributed by atoms with Crippen molar-refractivity contribution in [2.45, 2.75) is 19.4 Å². The molecule has 0 spiro atoms. The van der Waals surface area contributed by atoms with Crippen LogP contribution in [-0.4, -0.2) is 53.9 Å². The van der Waals surface area contributed by atoms with Gasteiger partial charge in [-0.15, -0.1) is 0 Å². The smallest absolute Gasteiger partial charge is 0.309 e. The summed E-state index contributed by atoms with van der Waals surface area (Å²) in [5.74, 6) is -0.870. The minimum Gasteiger partial charge on any atom is -0.496 e. The maximum absolute atomic E-state index is 12.7. The molecule has 2 N–H and O–H groups in total. The molecule has 0 unspecified atom stereocenters. The largest absolute Gasteiger partial charge is 0.496 e. The number of aryl methyl sites for hydroxylation is 1. The number of aromatic nitrogens is 1. The standard InChI is InChI=1S/C23H28N4O5/c1-26-11-5-7-18(22(26)30)23(31)27-12-9-16(10-13-27)14-24-20(28)21(29)25-15-17-6-3-4-8-19(17)32-2/h3-8,11,16H,9-10,12-15H2,1-2H3,(H,24,28)(H,25,29). The number of para-hydroxylation sites is 1. The molecule has 1 saturated heterocycles. The van der Waals surface area contributed by atoms with Gasteiger partial charge in [0.25, 0.3) is 11.5 Å². The number of hydrogen-bond donors (Lipinski definition) is 2. The number of piperidine rings is 1. The number of amides is 3. The topological polar surface area (TPSA) is 110 Å². The van der Waals surface area contributed by atoms with Crippen LogP contribution in [0, 0.1) is 5.92 Å². The molecule has 0 saturated carbocycles. The summed E-state index contributed by atoms with van der Waals surface area (Å²) in [4.78, 5) is 50.7. The average Bonchev–Trinajstić information content (AvgIpc) is 2.82. The van der Waals surface area contributed by atoms with Crippen molar-refractivity contribution in [3.8, 4) is 5.75 Å². The number of pyridine rings is 1. The van der Waals surface area contributed by atoms with Crippen molar-refractivity contribution in [3.05, 3.63) is 64.1 Å². The van der Waals surface area contributed by atoms with Crippen molar-refractivity contribution in [2.24, 2.45) is 13.0 Å². The van der Waals surface area contributed by atoms with Gasteiger partial charge in [-0.05, 0) is 37.0 Å². The lowest BCUT2D eigenvalue weighted by Gasteiger charge is -2.32. The predicted octanol–water partition coefficient (Wildman–Crippen LogP) is 0.679. The highest BCUT2D eigenvalue weighted by atomic mass is 16.5. The molecule has 32 heavy (non-hydrogen) atoms. The Morgan fingerprint density at radius 1 is 1.03 bits per heavy atom. The fraction of sp³-hybridized carbons (Fsp3) is 0.391. The van der Waals surface area contributed by atoms with Crippen LogP contribution >= 0.6 is 0 Å². The number of carbonyl (C=O) groups excluding carboxylic acids is 3. The number of benzene rings is 1. The number of nitrogens with one attached hydrogen (secondary N) is 2. The van der Waals surface area contributed by atoms with E-state index in [0.29, 0.717) is 38.2 Å². The summed E-state index contributed by atoms with van der Waals surface area (Å²) in [6.45, 7) is 1.54. The third-order valence-electron chi connectivity index (χ3n) is 5.64.